The van der Waals surface area contributed by atoms with Crippen LogP contribution in [0.4, 0.5) is 0 Å². The lowest BCUT2D eigenvalue weighted by Crippen LogP contribution is -2.32. The largest absolute Gasteiger partial charge is 0.450 e. The lowest BCUT2D eigenvalue weighted by molar-refractivity contribution is -0.121. The molecule has 0 aromatic carbocycles. The zero-order chi connectivity index (χ0) is 14.9. The predicted octanol–water partition coefficient (Wildman–Crippen LogP) is 2.13. The van der Waals surface area contributed by atoms with E-state index in [0.717, 1.165) is 16.7 Å². The van der Waals surface area contributed by atoms with E-state index in [2.05, 4.69) is 15.9 Å². The molecular weight excluding hydrogens is 390 g/mol. The van der Waals surface area contributed by atoms with Crippen molar-refractivity contribution in [2.45, 2.75) is 0 Å². The Bertz CT molecular complexity index is 694. The molecule has 20 heavy (non-hydrogen) atoms. The fourth-order valence-electron chi connectivity index (χ4n) is 1.43. The van der Waals surface area contributed by atoms with Crippen molar-refractivity contribution >= 4 is 66.3 Å². The van der Waals surface area contributed by atoms with Gasteiger partial charge in [-0.05, 0) is 28.1 Å². The van der Waals surface area contributed by atoms with Crippen LogP contribution < -0.4 is 0 Å². The molecule has 0 aliphatic carbocycles. The van der Waals surface area contributed by atoms with Crippen LogP contribution in [0, 0.1) is 0 Å². The lowest BCUT2D eigenvalue weighted by Gasteiger charge is -2.12. The number of amides is 1. The van der Waals surface area contributed by atoms with Gasteiger partial charge >= 0.3 is 0 Å². The van der Waals surface area contributed by atoms with Gasteiger partial charge in [-0.15, -0.1) is 0 Å². The summed E-state index contributed by atoms with van der Waals surface area (Å²) in [5, 5.41) is 0. The molecule has 2 rings (SSSR count). The quantitative estimate of drug-likeness (QED) is 0.472. The molecular formula is C10H8BrNO5S3. The topological polar surface area (TPSA) is 87.8 Å². The first kappa shape index (κ1) is 15.7. The molecule has 1 aliphatic rings. The number of rotatable bonds is 4. The Morgan fingerprint density at radius 1 is 1.50 bits per heavy atom. The van der Waals surface area contributed by atoms with Crippen LogP contribution in [0.25, 0.3) is 6.08 Å². The van der Waals surface area contributed by atoms with E-state index in [0.29, 0.717) is 15.3 Å². The van der Waals surface area contributed by atoms with Crippen LogP contribution >= 0.6 is 39.9 Å². The van der Waals surface area contributed by atoms with Crippen LogP contribution in [0.5, 0.6) is 0 Å². The highest BCUT2D eigenvalue weighted by Gasteiger charge is 2.32. The molecule has 1 saturated heterocycles. The number of nitrogens with zero attached hydrogens (tertiary/aromatic N) is 1. The highest BCUT2D eigenvalue weighted by molar-refractivity contribution is 9.10. The lowest BCUT2D eigenvalue weighted by atomic mass is 10.3. The van der Waals surface area contributed by atoms with Crippen molar-refractivity contribution in [1.82, 2.24) is 4.90 Å². The zero-order valence-corrected chi connectivity index (χ0v) is 13.8. The molecule has 0 atom stereocenters. The first-order valence-corrected chi connectivity index (χ1v) is 8.85. The maximum atomic E-state index is 12.1. The molecule has 1 aliphatic heterocycles. The number of carbonyl (C=O) groups excluding carboxylic acids is 1. The fourth-order valence-corrected chi connectivity index (χ4v) is 3.46. The van der Waals surface area contributed by atoms with Gasteiger partial charge in [-0.1, -0.05) is 24.0 Å². The second-order valence-corrected chi connectivity index (χ2v) is 7.79. The Hall–Kier alpha value is -0.680. The van der Waals surface area contributed by atoms with Crippen molar-refractivity contribution in [2.24, 2.45) is 0 Å². The predicted molar refractivity (Wildman–Crippen MR) is 82.7 cm³/mol. The molecule has 1 amide bonds. The van der Waals surface area contributed by atoms with Crippen molar-refractivity contribution in [3.63, 3.8) is 0 Å². The van der Waals surface area contributed by atoms with Gasteiger partial charge in [0.25, 0.3) is 16.0 Å². The average molecular weight is 398 g/mol. The maximum Gasteiger partial charge on any atom is 0.266 e. The standard InChI is InChI=1S/C10H8BrNO5S3/c11-8-2-1-6(17-8)5-7-9(13)12(10(18)19-7)3-4-20(14,15)16/h1-2,5H,3-4H2,(H,14,15,16)/b7-5+. The SMILES string of the molecule is O=C1/C(=C\c2ccc(Br)o2)SC(=S)N1CCS(=O)(=O)O. The highest BCUT2D eigenvalue weighted by atomic mass is 79.9. The van der Waals surface area contributed by atoms with Gasteiger partial charge in [-0.2, -0.15) is 8.42 Å². The van der Waals surface area contributed by atoms with Crippen LogP contribution in [-0.4, -0.2) is 40.4 Å². The van der Waals surface area contributed by atoms with Crippen molar-refractivity contribution in [3.05, 3.63) is 27.5 Å². The first-order valence-electron chi connectivity index (χ1n) is 5.22. The smallest absolute Gasteiger partial charge is 0.266 e. The van der Waals surface area contributed by atoms with E-state index in [1.54, 1.807) is 12.1 Å². The maximum absolute atomic E-state index is 12.1. The Labute approximate surface area is 133 Å². The van der Waals surface area contributed by atoms with Gasteiger partial charge < -0.3 is 4.42 Å². The third kappa shape index (κ3) is 3.92. The zero-order valence-electron chi connectivity index (χ0n) is 9.78. The van der Waals surface area contributed by atoms with Gasteiger partial charge in [-0.25, -0.2) is 0 Å². The number of hydrogen-bond acceptors (Lipinski definition) is 6. The molecule has 0 bridgehead atoms. The number of thiocarbonyl (C=S) groups is 1. The summed E-state index contributed by atoms with van der Waals surface area (Å²) in [6.07, 6.45) is 1.53. The van der Waals surface area contributed by atoms with Crippen LogP contribution in [-0.2, 0) is 14.9 Å². The molecule has 0 unspecified atom stereocenters. The van der Waals surface area contributed by atoms with Crippen LogP contribution in [0.2, 0.25) is 0 Å². The molecule has 108 valence electrons. The van der Waals surface area contributed by atoms with Gasteiger partial charge in [0.1, 0.15) is 10.1 Å². The Balaban J connectivity index is 2.14. The minimum atomic E-state index is -4.14. The van der Waals surface area contributed by atoms with E-state index in [1.807, 2.05) is 0 Å². The van der Waals surface area contributed by atoms with E-state index >= 15 is 0 Å². The Morgan fingerprint density at radius 3 is 2.75 bits per heavy atom. The molecule has 0 spiro atoms. The molecule has 0 radical (unpaired) electrons. The summed E-state index contributed by atoms with van der Waals surface area (Å²) in [5.41, 5.74) is 0. The second-order valence-electron chi connectivity index (χ2n) is 3.76. The number of furan rings is 1. The van der Waals surface area contributed by atoms with Crippen LogP contribution in [0.15, 0.2) is 26.1 Å². The summed E-state index contributed by atoms with van der Waals surface area (Å²) in [6.45, 7) is -0.178. The van der Waals surface area contributed by atoms with Crippen molar-refractivity contribution in [3.8, 4) is 0 Å². The van der Waals surface area contributed by atoms with E-state index in [4.69, 9.17) is 21.2 Å². The summed E-state index contributed by atoms with van der Waals surface area (Å²) in [4.78, 5) is 13.5. The summed E-state index contributed by atoms with van der Waals surface area (Å²) in [6, 6.07) is 3.36. The number of thioether (sulfide) groups is 1. The third-order valence-corrected chi connectivity index (χ3v) is 4.82. The summed E-state index contributed by atoms with van der Waals surface area (Å²) in [7, 11) is -4.14. The number of hydrogen-bond donors (Lipinski definition) is 1. The molecule has 0 saturated carbocycles. The van der Waals surface area contributed by atoms with Crippen LogP contribution in [0.1, 0.15) is 5.76 Å². The minimum absolute atomic E-state index is 0.178. The fraction of sp³-hybridized carbons (Fsp3) is 0.200. The molecule has 1 N–H and O–H groups in total. The van der Waals surface area contributed by atoms with Gasteiger partial charge in [0.2, 0.25) is 0 Å². The number of halogens is 1. The first-order chi connectivity index (χ1) is 9.26. The van der Waals surface area contributed by atoms with E-state index < -0.39 is 21.8 Å². The van der Waals surface area contributed by atoms with E-state index in [1.165, 1.54) is 6.08 Å². The monoisotopic (exact) mass is 397 g/mol. The average Bonchev–Trinajstić information content (AvgIpc) is 2.82. The molecule has 2 heterocycles. The third-order valence-electron chi connectivity index (χ3n) is 2.31. The van der Waals surface area contributed by atoms with Crippen molar-refractivity contribution < 1.29 is 22.2 Å². The summed E-state index contributed by atoms with van der Waals surface area (Å²) >= 11 is 9.22. The molecule has 1 fully saturated rings. The Kier molecular flexibility index (Phi) is 4.69. The van der Waals surface area contributed by atoms with Gasteiger partial charge in [0, 0.05) is 12.6 Å². The van der Waals surface area contributed by atoms with Crippen LogP contribution in [0.3, 0.4) is 0 Å². The second kappa shape index (κ2) is 5.98. The summed E-state index contributed by atoms with van der Waals surface area (Å²) < 4.78 is 36.2. The van der Waals surface area contributed by atoms with Crippen molar-refractivity contribution in [1.29, 1.82) is 0 Å². The number of carbonyl (C=O) groups is 1. The molecule has 10 heteroatoms. The van der Waals surface area contributed by atoms with Gasteiger partial charge in [0.05, 0.1) is 10.7 Å². The van der Waals surface area contributed by atoms with Gasteiger partial charge in [-0.3, -0.25) is 14.2 Å². The van der Waals surface area contributed by atoms with E-state index in [9.17, 15) is 13.2 Å². The van der Waals surface area contributed by atoms with E-state index in [-0.39, 0.29) is 10.9 Å². The molecule has 1 aromatic rings. The molecule has 6 nitrogen and oxygen atoms in total. The summed E-state index contributed by atoms with van der Waals surface area (Å²) in [5.74, 6) is -0.484. The highest BCUT2D eigenvalue weighted by Crippen LogP contribution is 2.32. The minimum Gasteiger partial charge on any atom is -0.450 e. The van der Waals surface area contributed by atoms with Gasteiger partial charge in [0.15, 0.2) is 4.67 Å². The normalized spacial score (nSPS) is 18.3. The Morgan fingerprint density at radius 2 is 2.20 bits per heavy atom. The molecule has 1 aromatic heterocycles. The van der Waals surface area contributed by atoms with Crippen molar-refractivity contribution in [2.75, 3.05) is 12.3 Å².